The summed E-state index contributed by atoms with van der Waals surface area (Å²) in [6, 6.07) is 8.46. The van der Waals surface area contributed by atoms with Crippen LogP contribution in [-0.2, 0) is 0 Å². The molecule has 1 heteroatoms. The van der Waals surface area contributed by atoms with Gasteiger partial charge in [0, 0.05) is 11.4 Å². The predicted octanol–water partition coefficient (Wildman–Crippen LogP) is 4.99. The molecule has 0 amide bonds. The van der Waals surface area contributed by atoms with Gasteiger partial charge >= 0.3 is 0 Å². The minimum Gasteiger partial charge on any atom is -0.359 e. The molecule has 0 heterocycles. The smallest absolute Gasteiger partial charge is 0.0381 e. The van der Waals surface area contributed by atoms with Crippen molar-refractivity contribution < 1.29 is 0 Å². The number of allylic oxidation sites excluding steroid dienone is 1. The lowest BCUT2D eigenvalue weighted by atomic mass is 9.93. The predicted molar refractivity (Wildman–Crippen MR) is 77.2 cm³/mol. The van der Waals surface area contributed by atoms with Crippen molar-refractivity contribution in [2.24, 2.45) is 11.8 Å². The summed E-state index contributed by atoms with van der Waals surface area (Å²) in [7, 11) is 0. The maximum atomic E-state index is 4.15. The molecule has 1 N–H and O–H groups in total. The number of rotatable bonds is 6. The quantitative estimate of drug-likeness (QED) is 0.727. The monoisotopic (exact) mass is 231 g/mol. The highest BCUT2D eigenvalue weighted by atomic mass is 14.9. The van der Waals surface area contributed by atoms with Crippen LogP contribution in [0.2, 0.25) is 0 Å². The fraction of sp³-hybridized carbons (Fsp3) is 0.500. The third-order valence-electron chi connectivity index (χ3n) is 3.40. The van der Waals surface area contributed by atoms with E-state index in [2.05, 4.69) is 63.9 Å². The molecule has 0 spiro atoms. The Hall–Kier alpha value is -1.24. The molecule has 2 atom stereocenters. The van der Waals surface area contributed by atoms with Crippen LogP contribution in [-0.4, -0.2) is 0 Å². The molecule has 0 aromatic heterocycles. The van der Waals surface area contributed by atoms with Gasteiger partial charge in [0.1, 0.15) is 0 Å². The molecule has 0 aliphatic rings. The molecule has 0 fully saturated rings. The van der Waals surface area contributed by atoms with E-state index >= 15 is 0 Å². The molecule has 1 aromatic carbocycles. The molecule has 94 valence electrons. The Balaban J connectivity index is 2.51. The number of nitrogens with one attached hydrogen (secondary N) is 1. The first-order chi connectivity index (χ1) is 8.02. The standard InChI is InChI=1S/C16H25N/c1-6-12(2)11-14(4)15(5)17-16-9-7-13(3)8-10-16/h7-10,12,14,17H,5-6,11H2,1-4H3. The molecule has 0 aliphatic carbocycles. The zero-order valence-corrected chi connectivity index (χ0v) is 11.6. The Morgan fingerprint density at radius 3 is 2.35 bits per heavy atom. The van der Waals surface area contributed by atoms with E-state index in [1.807, 2.05) is 0 Å². The first-order valence-electron chi connectivity index (χ1n) is 6.55. The minimum atomic E-state index is 0.520. The number of hydrogen-bond donors (Lipinski definition) is 1. The van der Waals surface area contributed by atoms with Crippen molar-refractivity contribution in [1.29, 1.82) is 0 Å². The molecule has 0 radical (unpaired) electrons. The SMILES string of the molecule is C=C(Nc1ccc(C)cc1)C(C)CC(C)CC. The Morgan fingerprint density at radius 1 is 1.24 bits per heavy atom. The molecule has 17 heavy (non-hydrogen) atoms. The van der Waals surface area contributed by atoms with E-state index in [4.69, 9.17) is 0 Å². The number of aryl methyl sites for hydroxylation is 1. The van der Waals surface area contributed by atoms with Crippen molar-refractivity contribution in [1.82, 2.24) is 0 Å². The summed E-state index contributed by atoms with van der Waals surface area (Å²) in [5.74, 6) is 1.29. The highest BCUT2D eigenvalue weighted by Crippen LogP contribution is 2.22. The molecule has 1 nitrogen and oxygen atoms in total. The van der Waals surface area contributed by atoms with Crippen molar-refractivity contribution in [3.8, 4) is 0 Å². The van der Waals surface area contributed by atoms with E-state index in [9.17, 15) is 0 Å². The average molecular weight is 231 g/mol. The summed E-state index contributed by atoms with van der Waals surface area (Å²) >= 11 is 0. The van der Waals surface area contributed by atoms with Crippen LogP contribution < -0.4 is 5.32 Å². The van der Waals surface area contributed by atoms with Crippen LogP contribution in [0.4, 0.5) is 5.69 Å². The molecule has 0 aliphatic heterocycles. The van der Waals surface area contributed by atoms with Crippen LogP contribution in [0.15, 0.2) is 36.5 Å². The van der Waals surface area contributed by atoms with Crippen LogP contribution in [0.3, 0.4) is 0 Å². The number of anilines is 1. The maximum Gasteiger partial charge on any atom is 0.0381 e. The summed E-state index contributed by atoms with van der Waals surface area (Å²) in [4.78, 5) is 0. The molecule has 0 bridgehead atoms. The Bertz CT molecular complexity index is 350. The van der Waals surface area contributed by atoms with Crippen molar-refractivity contribution in [3.63, 3.8) is 0 Å². The van der Waals surface area contributed by atoms with Gasteiger partial charge in [-0.15, -0.1) is 0 Å². The Labute approximate surface area is 106 Å². The zero-order valence-electron chi connectivity index (χ0n) is 11.6. The first kappa shape index (κ1) is 13.8. The molecular formula is C16H25N. The molecule has 2 unspecified atom stereocenters. The number of benzene rings is 1. The second-order valence-corrected chi connectivity index (χ2v) is 5.17. The van der Waals surface area contributed by atoms with Gasteiger partial charge in [-0.25, -0.2) is 0 Å². The fourth-order valence-corrected chi connectivity index (χ4v) is 1.86. The van der Waals surface area contributed by atoms with Gasteiger partial charge in [0.25, 0.3) is 0 Å². The van der Waals surface area contributed by atoms with Crippen LogP contribution in [0, 0.1) is 18.8 Å². The molecule has 1 rings (SSSR count). The largest absolute Gasteiger partial charge is 0.359 e. The van der Waals surface area contributed by atoms with Gasteiger partial charge in [0.15, 0.2) is 0 Å². The second-order valence-electron chi connectivity index (χ2n) is 5.17. The summed E-state index contributed by atoms with van der Waals surface area (Å²) in [5.41, 5.74) is 3.54. The summed E-state index contributed by atoms with van der Waals surface area (Å²) in [6.07, 6.45) is 2.44. The summed E-state index contributed by atoms with van der Waals surface area (Å²) in [6.45, 7) is 13.0. The molecule has 1 aromatic rings. The van der Waals surface area contributed by atoms with E-state index < -0.39 is 0 Å². The summed E-state index contributed by atoms with van der Waals surface area (Å²) in [5, 5.41) is 3.40. The van der Waals surface area contributed by atoms with Crippen LogP contribution >= 0.6 is 0 Å². The Morgan fingerprint density at radius 2 is 1.82 bits per heavy atom. The van der Waals surface area contributed by atoms with Gasteiger partial charge in [-0.1, -0.05) is 51.5 Å². The molecule has 0 saturated carbocycles. The van der Waals surface area contributed by atoms with Crippen LogP contribution in [0.1, 0.15) is 39.2 Å². The molecule has 0 saturated heterocycles. The maximum absolute atomic E-state index is 4.15. The van der Waals surface area contributed by atoms with Crippen molar-refractivity contribution >= 4 is 5.69 Å². The van der Waals surface area contributed by atoms with E-state index in [0.29, 0.717) is 5.92 Å². The molecular weight excluding hydrogens is 206 g/mol. The third-order valence-corrected chi connectivity index (χ3v) is 3.40. The zero-order chi connectivity index (χ0) is 12.8. The highest BCUT2D eigenvalue weighted by molar-refractivity contribution is 5.48. The van der Waals surface area contributed by atoms with Gasteiger partial charge in [0.05, 0.1) is 0 Å². The van der Waals surface area contributed by atoms with E-state index in [0.717, 1.165) is 17.3 Å². The highest BCUT2D eigenvalue weighted by Gasteiger charge is 2.10. The van der Waals surface area contributed by atoms with Crippen molar-refractivity contribution in [2.75, 3.05) is 5.32 Å². The van der Waals surface area contributed by atoms with Crippen LogP contribution in [0.5, 0.6) is 0 Å². The lowest BCUT2D eigenvalue weighted by molar-refractivity contribution is 0.444. The first-order valence-corrected chi connectivity index (χ1v) is 6.55. The fourth-order valence-electron chi connectivity index (χ4n) is 1.86. The van der Waals surface area contributed by atoms with E-state index in [-0.39, 0.29) is 0 Å². The topological polar surface area (TPSA) is 12.0 Å². The van der Waals surface area contributed by atoms with Crippen LogP contribution in [0.25, 0.3) is 0 Å². The summed E-state index contributed by atoms with van der Waals surface area (Å²) < 4.78 is 0. The minimum absolute atomic E-state index is 0.520. The van der Waals surface area contributed by atoms with Crippen molar-refractivity contribution in [3.05, 3.63) is 42.1 Å². The van der Waals surface area contributed by atoms with Gasteiger partial charge in [-0.3, -0.25) is 0 Å². The third kappa shape index (κ3) is 4.64. The van der Waals surface area contributed by atoms with E-state index in [1.54, 1.807) is 0 Å². The lowest BCUT2D eigenvalue weighted by Crippen LogP contribution is -2.11. The average Bonchev–Trinajstić information content (AvgIpc) is 2.31. The number of hydrogen-bond acceptors (Lipinski definition) is 1. The van der Waals surface area contributed by atoms with Gasteiger partial charge in [0.2, 0.25) is 0 Å². The normalized spacial score (nSPS) is 14.1. The Kier molecular flexibility index (Phi) is 5.27. The van der Waals surface area contributed by atoms with Gasteiger partial charge in [-0.05, 0) is 37.3 Å². The second kappa shape index (κ2) is 6.48. The van der Waals surface area contributed by atoms with Gasteiger partial charge < -0.3 is 5.32 Å². The van der Waals surface area contributed by atoms with Crippen molar-refractivity contribution in [2.45, 2.75) is 40.5 Å². The lowest BCUT2D eigenvalue weighted by Gasteiger charge is -2.20. The van der Waals surface area contributed by atoms with E-state index in [1.165, 1.54) is 18.4 Å². The van der Waals surface area contributed by atoms with Gasteiger partial charge in [-0.2, -0.15) is 0 Å².